The molecule has 0 aliphatic rings. The van der Waals surface area contributed by atoms with Crippen LogP contribution >= 0.6 is 0 Å². The molecule has 0 fully saturated rings. The van der Waals surface area contributed by atoms with Crippen molar-refractivity contribution in [3.8, 4) is 0 Å². The summed E-state index contributed by atoms with van der Waals surface area (Å²) in [6.45, 7) is 6.15. The fraction of sp³-hybridized carbons (Fsp3) is 0.300. The van der Waals surface area contributed by atoms with E-state index < -0.39 is 6.04 Å². The number of esters is 1. The Labute approximate surface area is 138 Å². The van der Waals surface area contributed by atoms with Crippen molar-refractivity contribution >= 4 is 11.7 Å². The Morgan fingerprint density at radius 2 is 1.43 bits per heavy atom. The fourth-order valence-corrected chi connectivity index (χ4v) is 2.35. The summed E-state index contributed by atoms with van der Waals surface area (Å²) in [6.07, 6.45) is 0. The largest absolute Gasteiger partial charge is 0.464 e. The van der Waals surface area contributed by atoms with E-state index in [1.165, 1.54) is 0 Å². The first kappa shape index (κ1) is 16.9. The van der Waals surface area contributed by atoms with Gasteiger partial charge in [0.25, 0.3) is 0 Å². The Balaban J connectivity index is 2.49. The molecule has 0 saturated heterocycles. The first-order valence-electron chi connectivity index (χ1n) is 7.98. The molecule has 0 aliphatic heterocycles. The molecule has 0 aliphatic carbocycles. The van der Waals surface area contributed by atoms with Gasteiger partial charge >= 0.3 is 5.97 Å². The Bertz CT molecular complexity index is 606. The molecular weight excluding hydrogens is 286 g/mol. The molecule has 0 saturated carbocycles. The molecule has 120 valence electrons. The molecule has 0 heterocycles. The number of aliphatic imine (C=N–C) groups is 1. The van der Waals surface area contributed by atoms with E-state index in [2.05, 4.69) is 0 Å². The molecule has 0 amide bonds. The van der Waals surface area contributed by atoms with Crippen LogP contribution in [-0.4, -0.2) is 24.3 Å². The lowest BCUT2D eigenvalue weighted by Crippen LogP contribution is -2.28. The first-order valence-corrected chi connectivity index (χ1v) is 7.98. The van der Waals surface area contributed by atoms with Gasteiger partial charge in [-0.05, 0) is 12.8 Å². The van der Waals surface area contributed by atoms with E-state index in [-0.39, 0.29) is 11.9 Å². The average molecular weight is 309 g/mol. The predicted octanol–water partition coefficient (Wildman–Crippen LogP) is 4.11. The van der Waals surface area contributed by atoms with Gasteiger partial charge in [-0.2, -0.15) is 0 Å². The summed E-state index contributed by atoms with van der Waals surface area (Å²) in [5.41, 5.74) is 2.81. The summed E-state index contributed by atoms with van der Waals surface area (Å²) in [6, 6.07) is 19.4. The number of carbonyl (C=O) groups excluding carboxylic acids is 1. The number of hydrogen-bond donors (Lipinski definition) is 0. The van der Waals surface area contributed by atoms with Crippen molar-refractivity contribution in [2.75, 3.05) is 6.61 Å². The molecule has 3 heteroatoms. The third-order valence-corrected chi connectivity index (χ3v) is 3.52. The van der Waals surface area contributed by atoms with Gasteiger partial charge in [-0.15, -0.1) is 0 Å². The van der Waals surface area contributed by atoms with Crippen LogP contribution < -0.4 is 0 Å². The third kappa shape index (κ3) is 4.52. The van der Waals surface area contributed by atoms with Crippen LogP contribution in [0.4, 0.5) is 0 Å². The summed E-state index contributed by atoms with van der Waals surface area (Å²) in [7, 11) is 0. The molecule has 2 rings (SSSR count). The van der Waals surface area contributed by atoms with E-state index in [0.717, 1.165) is 16.8 Å². The zero-order chi connectivity index (χ0) is 16.7. The minimum absolute atomic E-state index is 0.0662. The summed E-state index contributed by atoms with van der Waals surface area (Å²) in [5, 5.41) is 0. The molecule has 2 aromatic rings. The van der Waals surface area contributed by atoms with Crippen molar-refractivity contribution in [1.29, 1.82) is 0 Å². The second kappa shape index (κ2) is 8.28. The maximum atomic E-state index is 12.3. The van der Waals surface area contributed by atoms with Crippen LogP contribution in [0.2, 0.25) is 0 Å². The lowest BCUT2D eigenvalue weighted by molar-refractivity contribution is -0.145. The zero-order valence-electron chi connectivity index (χ0n) is 13.9. The van der Waals surface area contributed by atoms with E-state index in [4.69, 9.17) is 9.73 Å². The predicted molar refractivity (Wildman–Crippen MR) is 93.8 cm³/mol. The quantitative estimate of drug-likeness (QED) is 0.595. The molecular formula is C20H23NO2. The van der Waals surface area contributed by atoms with Crippen molar-refractivity contribution in [3.05, 3.63) is 71.8 Å². The molecule has 3 nitrogen and oxygen atoms in total. The fourth-order valence-electron chi connectivity index (χ4n) is 2.35. The highest BCUT2D eigenvalue weighted by Crippen LogP contribution is 2.16. The van der Waals surface area contributed by atoms with Gasteiger partial charge in [0.15, 0.2) is 6.04 Å². The molecule has 2 aromatic carbocycles. The van der Waals surface area contributed by atoms with Crippen LogP contribution in [0.5, 0.6) is 0 Å². The SMILES string of the molecule is CCOC(=O)C(N=C(c1ccccc1)c1ccccc1)C(C)C. The average Bonchev–Trinajstić information content (AvgIpc) is 2.57. The van der Waals surface area contributed by atoms with Gasteiger partial charge in [-0.1, -0.05) is 74.5 Å². The topological polar surface area (TPSA) is 38.7 Å². The maximum absolute atomic E-state index is 12.3. The van der Waals surface area contributed by atoms with Crippen LogP contribution in [0.25, 0.3) is 0 Å². The van der Waals surface area contributed by atoms with Gasteiger partial charge in [0, 0.05) is 11.1 Å². The summed E-state index contributed by atoms with van der Waals surface area (Å²) >= 11 is 0. The summed E-state index contributed by atoms with van der Waals surface area (Å²) in [4.78, 5) is 17.0. The van der Waals surface area contributed by atoms with E-state index in [1.807, 2.05) is 81.4 Å². The molecule has 23 heavy (non-hydrogen) atoms. The number of rotatable bonds is 6. The number of benzene rings is 2. The normalized spacial score (nSPS) is 11.8. The van der Waals surface area contributed by atoms with Gasteiger partial charge in [0.2, 0.25) is 0 Å². The number of ether oxygens (including phenoxy) is 1. The number of nitrogens with zero attached hydrogens (tertiary/aromatic N) is 1. The molecule has 0 radical (unpaired) electrons. The molecule has 0 aromatic heterocycles. The molecule has 0 spiro atoms. The molecule has 0 bridgehead atoms. The van der Waals surface area contributed by atoms with E-state index in [9.17, 15) is 4.79 Å². The lowest BCUT2D eigenvalue weighted by atomic mass is 10.00. The second-order valence-electron chi connectivity index (χ2n) is 5.65. The maximum Gasteiger partial charge on any atom is 0.331 e. The highest BCUT2D eigenvalue weighted by atomic mass is 16.5. The van der Waals surface area contributed by atoms with Crippen molar-refractivity contribution < 1.29 is 9.53 Å². The van der Waals surface area contributed by atoms with Crippen molar-refractivity contribution in [2.45, 2.75) is 26.8 Å². The van der Waals surface area contributed by atoms with Crippen LogP contribution in [-0.2, 0) is 9.53 Å². The lowest BCUT2D eigenvalue weighted by Gasteiger charge is -2.17. The minimum Gasteiger partial charge on any atom is -0.464 e. The van der Waals surface area contributed by atoms with Crippen molar-refractivity contribution in [2.24, 2.45) is 10.9 Å². The Morgan fingerprint density at radius 3 is 1.83 bits per heavy atom. The Hall–Kier alpha value is -2.42. The third-order valence-electron chi connectivity index (χ3n) is 3.52. The number of hydrogen-bond acceptors (Lipinski definition) is 3. The van der Waals surface area contributed by atoms with Crippen molar-refractivity contribution in [3.63, 3.8) is 0 Å². The van der Waals surface area contributed by atoms with Gasteiger partial charge in [-0.3, -0.25) is 4.99 Å². The van der Waals surface area contributed by atoms with Gasteiger partial charge in [0.05, 0.1) is 12.3 Å². The van der Waals surface area contributed by atoms with Crippen LogP contribution in [0.1, 0.15) is 31.9 Å². The Kier molecular flexibility index (Phi) is 6.10. The molecule has 1 atom stereocenters. The molecule has 0 N–H and O–H groups in total. The van der Waals surface area contributed by atoms with Crippen LogP contribution in [0.3, 0.4) is 0 Å². The van der Waals surface area contributed by atoms with Crippen molar-refractivity contribution in [1.82, 2.24) is 0 Å². The highest BCUT2D eigenvalue weighted by molar-refractivity contribution is 6.13. The smallest absolute Gasteiger partial charge is 0.331 e. The summed E-state index contributed by atoms with van der Waals surface area (Å²) < 4.78 is 5.19. The zero-order valence-corrected chi connectivity index (χ0v) is 13.9. The van der Waals surface area contributed by atoms with E-state index in [1.54, 1.807) is 0 Å². The van der Waals surface area contributed by atoms with Gasteiger partial charge < -0.3 is 4.74 Å². The van der Waals surface area contributed by atoms with Crippen LogP contribution in [0.15, 0.2) is 65.7 Å². The van der Waals surface area contributed by atoms with Gasteiger partial charge in [-0.25, -0.2) is 4.79 Å². The highest BCUT2D eigenvalue weighted by Gasteiger charge is 2.24. The standard InChI is InChI=1S/C20H23NO2/c1-4-23-20(22)18(15(2)3)21-19(16-11-7-5-8-12-16)17-13-9-6-10-14-17/h5-15,18H,4H2,1-3H3. The van der Waals surface area contributed by atoms with E-state index in [0.29, 0.717) is 6.61 Å². The number of carbonyl (C=O) groups is 1. The first-order chi connectivity index (χ1) is 11.1. The summed E-state index contributed by atoms with van der Waals surface area (Å²) in [5.74, 6) is -0.205. The molecule has 1 unspecified atom stereocenters. The van der Waals surface area contributed by atoms with Gasteiger partial charge in [0.1, 0.15) is 0 Å². The minimum atomic E-state index is -0.509. The second-order valence-corrected chi connectivity index (χ2v) is 5.65. The van der Waals surface area contributed by atoms with Crippen LogP contribution in [0, 0.1) is 5.92 Å². The van der Waals surface area contributed by atoms with E-state index >= 15 is 0 Å². The monoisotopic (exact) mass is 309 g/mol. The Morgan fingerprint density at radius 1 is 0.957 bits per heavy atom.